The maximum absolute atomic E-state index is 12.0. The quantitative estimate of drug-likeness (QED) is 0.851. The molecular weight excluding hydrogens is 266 g/mol. The number of carbonyl (C=O) groups excluding carboxylic acids is 1. The number of hydrogen-bond acceptors (Lipinski definition) is 4. The zero-order valence-electron chi connectivity index (χ0n) is 12.9. The van der Waals surface area contributed by atoms with E-state index in [4.69, 9.17) is 5.73 Å². The van der Waals surface area contributed by atoms with Gasteiger partial charge in [-0.15, -0.1) is 0 Å². The highest BCUT2D eigenvalue weighted by molar-refractivity contribution is 5.93. The van der Waals surface area contributed by atoms with Crippen LogP contribution >= 0.6 is 0 Å². The van der Waals surface area contributed by atoms with Crippen molar-refractivity contribution in [2.75, 3.05) is 11.9 Å². The molecule has 0 aliphatic rings. The van der Waals surface area contributed by atoms with Gasteiger partial charge in [0, 0.05) is 18.9 Å². The van der Waals surface area contributed by atoms with Gasteiger partial charge in [-0.2, -0.15) is 5.10 Å². The van der Waals surface area contributed by atoms with Crippen molar-refractivity contribution in [1.29, 1.82) is 0 Å². The van der Waals surface area contributed by atoms with Gasteiger partial charge in [-0.25, -0.2) is 4.98 Å². The fourth-order valence-corrected chi connectivity index (χ4v) is 2.41. The van der Waals surface area contributed by atoms with Crippen LogP contribution in [0.5, 0.6) is 0 Å². The lowest BCUT2D eigenvalue weighted by Crippen LogP contribution is -2.14. The van der Waals surface area contributed by atoms with E-state index in [2.05, 4.69) is 22.3 Å². The molecular formula is C15H23N5O. The molecule has 114 valence electrons. The topological polar surface area (TPSA) is 85.8 Å². The van der Waals surface area contributed by atoms with Crippen LogP contribution in [-0.4, -0.2) is 27.2 Å². The van der Waals surface area contributed by atoms with E-state index in [1.165, 1.54) is 0 Å². The van der Waals surface area contributed by atoms with Crippen molar-refractivity contribution in [2.24, 2.45) is 18.7 Å². The fourth-order valence-electron chi connectivity index (χ4n) is 2.41. The van der Waals surface area contributed by atoms with Gasteiger partial charge in [-0.3, -0.25) is 9.48 Å². The Balaban J connectivity index is 1.99. The minimum absolute atomic E-state index is 0.0153. The molecule has 6 nitrogen and oxygen atoms in total. The van der Waals surface area contributed by atoms with E-state index in [0.717, 1.165) is 35.3 Å². The number of nitrogens with two attached hydrogens (primary N) is 1. The van der Waals surface area contributed by atoms with Gasteiger partial charge in [-0.05, 0) is 38.3 Å². The summed E-state index contributed by atoms with van der Waals surface area (Å²) in [5.74, 6) is 0.489. The van der Waals surface area contributed by atoms with Crippen LogP contribution in [0.15, 0.2) is 12.3 Å². The van der Waals surface area contributed by atoms with Crippen LogP contribution in [0.4, 0.5) is 5.69 Å². The lowest BCUT2D eigenvalue weighted by molar-refractivity contribution is -0.116. The minimum Gasteiger partial charge on any atom is -0.330 e. The Morgan fingerprint density at radius 3 is 2.95 bits per heavy atom. The number of pyridine rings is 1. The van der Waals surface area contributed by atoms with Crippen LogP contribution in [0.2, 0.25) is 0 Å². The van der Waals surface area contributed by atoms with Gasteiger partial charge in [0.2, 0.25) is 5.91 Å². The Bertz CT molecular complexity index is 634. The van der Waals surface area contributed by atoms with Crippen molar-refractivity contribution < 1.29 is 4.79 Å². The Labute approximate surface area is 124 Å². The number of aromatic nitrogens is 3. The first-order chi connectivity index (χ1) is 10.0. The first kappa shape index (κ1) is 15.4. The van der Waals surface area contributed by atoms with Gasteiger partial charge in [-0.1, -0.05) is 6.92 Å². The summed E-state index contributed by atoms with van der Waals surface area (Å²) in [6.07, 6.45) is 3.98. The van der Waals surface area contributed by atoms with Gasteiger partial charge in [0.25, 0.3) is 0 Å². The highest BCUT2D eigenvalue weighted by Gasteiger charge is 2.10. The Morgan fingerprint density at radius 2 is 2.24 bits per heavy atom. The number of rotatable bonds is 6. The van der Waals surface area contributed by atoms with E-state index in [-0.39, 0.29) is 5.91 Å². The van der Waals surface area contributed by atoms with Crippen molar-refractivity contribution in [2.45, 2.75) is 33.1 Å². The molecule has 2 aromatic rings. The third-order valence-electron chi connectivity index (χ3n) is 3.67. The first-order valence-electron chi connectivity index (χ1n) is 7.30. The van der Waals surface area contributed by atoms with Crippen LogP contribution < -0.4 is 11.1 Å². The molecule has 0 fully saturated rings. The van der Waals surface area contributed by atoms with E-state index >= 15 is 0 Å². The van der Waals surface area contributed by atoms with Gasteiger partial charge < -0.3 is 11.1 Å². The van der Waals surface area contributed by atoms with Gasteiger partial charge in [0.15, 0.2) is 5.65 Å². The maximum Gasteiger partial charge on any atom is 0.224 e. The molecule has 2 heterocycles. The number of nitrogens with zero attached hydrogens (tertiary/aromatic N) is 3. The number of amides is 1. The molecule has 0 saturated carbocycles. The lowest BCUT2D eigenvalue weighted by atomic mass is 10.0. The second-order valence-electron chi connectivity index (χ2n) is 5.57. The molecule has 6 heteroatoms. The highest BCUT2D eigenvalue weighted by atomic mass is 16.1. The molecule has 3 N–H and O–H groups in total. The van der Waals surface area contributed by atoms with Crippen molar-refractivity contribution in [3.8, 4) is 0 Å². The van der Waals surface area contributed by atoms with Gasteiger partial charge in [0.1, 0.15) is 0 Å². The Hall–Kier alpha value is -1.95. The highest BCUT2D eigenvalue weighted by Crippen LogP contribution is 2.19. The Morgan fingerprint density at radius 1 is 1.48 bits per heavy atom. The predicted octanol–water partition coefficient (Wildman–Crippen LogP) is 1.98. The third kappa shape index (κ3) is 3.78. The summed E-state index contributed by atoms with van der Waals surface area (Å²) in [6, 6.07) is 1.92. The van der Waals surface area contributed by atoms with E-state index < -0.39 is 0 Å². The third-order valence-corrected chi connectivity index (χ3v) is 3.67. The number of nitrogens with one attached hydrogen (secondary N) is 1. The van der Waals surface area contributed by atoms with E-state index in [0.29, 0.717) is 18.9 Å². The van der Waals surface area contributed by atoms with E-state index in [9.17, 15) is 4.79 Å². The van der Waals surface area contributed by atoms with Crippen molar-refractivity contribution in [1.82, 2.24) is 14.8 Å². The van der Waals surface area contributed by atoms with Crippen molar-refractivity contribution >= 4 is 22.6 Å². The van der Waals surface area contributed by atoms with Crippen LogP contribution in [-0.2, 0) is 11.8 Å². The average molecular weight is 289 g/mol. The number of anilines is 1. The zero-order chi connectivity index (χ0) is 15.4. The van der Waals surface area contributed by atoms with Crippen LogP contribution in [0.1, 0.15) is 31.9 Å². The van der Waals surface area contributed by atoms with E-state index in [1.807, 2.05) is 20.0 Å². The first-order valence-corrected chi connectivity index (χ1v) is 7.30. The monoisotopic (exact) mass is 289 g/mol. The number of hydrogen-bond donors (Lipinski definition) is 2. The van der Waals surface area contributed by atoms with Crippen molar-refractivity contribution in [3.05, 3.63) is 18.0 Å². The molecule has 0 saturated heterocycles. The van der Waals surface area contributed by atoms with Crippen LogP contribution in [0.3, 0.4) is 0 Å². The molecule has 0 radical (unpaired) electrons. The summed E-state index contributed by atoms with van der Waals surface area (Å²) >= 11 is 0. The summed E-state index contributed by atoms with van der Waals surface area (Å²) < 4.78 is 1.74. The summed E-state index contributed by atoms with van der Waals surface area (Å²) in [5.41, 5.74) is 7.96. The second kappa shape index (κ2) is 6.67. The van der Waals surface area contributed by atoms with Crippen LogP contribution in [0, 0.1) is 12.8 Å². The van der Waals surface area contributed by atoms with Gasteiger partial charge in [0.05, 0.1) is 17.6 Å². The van der Waals surface area contributed by atoms with E-state index in [1.54, 1.807) is 10.9 Å². The Kier molecular flexibility index (Phi) is 4.90. The molecule has 1 atom stereocenters. The summed E-state index contributed by atoms with van der Waals surface area (Å²) in [4.78, 5) is 16.3. The molecule has 0 spiro atoms. The molecule has 0 aliphatic heterocycles. The lowest BCUT2D eigenvalue weighted by Gasteiger charge is -2.10. The number of fused-ring (bicyclic) bond motifs is 1. The number of carbonyl (C=O) groups is 1. The fraction of sp³-hybridized carbons (Fsp3) is 0.533. The molecule has 2 rings (SSSR count). The summed E-state index contributed by atoms with van der Waals surface area (Å²) in [7, 11) is 1.86. The predicted molar refractivity (Wildman–Crippen MR) is 83.9 cm³/mol. The average Bonchev–Trinajstić information content (AvgIpc) is 2.72. The molecule has 0 aromatic carbocycles. The smallest absolute Gasteiger partial charge is 0.224 e. The SMILES string of the molecule is Cc1nn(C)c2ncc(NC(=O)CCC(C)CCN)cc12. The maximum atomic E-state index is 12.0. The summed E-state index contributed by atoms with van der Waals surface area (Å²) in [5, 5.41) is 8.18. The molecule has 0 bridgehead atoms. The van der Waals surface area contributed by atoms with Crippen molar-refractivity contribution in [3.63, 3.8) is 0 Å². The largest absolute Gasteiger partial charge is 0.330 e. The van der Waals surface area contributed by atoms with Gasteiger partial charge >= 0.3 is 0 Å². The van der Waals surface area contributed by atoms with Crippen LogP contribution in [0.25, 0.3) is 11.0 Å². The number of aryl methyl sites for hydroxylation is 2. The minimum atomic E-state index is 0.0153. The molecule has 2 aromatic heterocycles. The normalized spacial score (nSPS) is 12.6. The molecule has 0 aliphatic carbocycles. The zero-order valence-corrected chi connectivity index (χ0v) is 12.9. The summed E-state index contributed by atoms with van der Waals surface area (Å²) in [6.45, 7) is 4.72. The molecule has 1 unspecified atom stereocenters. The standard InChI is InChI=1S/C15H23N5O/c1-10(6-7-16)4-5-14(21)18-12-8-13-11(2)19-20(3)15(13)17-9-12/h8-10H,4-7,16H2,1-3H3,(H,18,21). The second-order valence-corrected chi connectivity index (χ2v) is 5.57. The molecule has 21 heavy (non-hydrogen) atoms. The molecule has 1 amide bonds.